The third-order valence-corrected chi connectivity index (χ3v) is 12.9. The van der Waals surface area contributed by atoms with E-state index >= 15 is 0 Å². The quantitative estimate of drug-likeness (QED) is 0.338. The van der Waals surface area contributed by atoms with Crippen LogP contribution in [0.25, 0.3) is 0 Å². The van der Waals surface area contributed by atoms with Crippen molar-refractivity contribution in [2.24, 2.45) is 57.2 Å². The smallest absolute Gasteiger partial charge is 0.309 e. The first-order valence-corrected chi connectivity index (χ1v) is 14.3. The maximum Gasteiger partial charge on any atom is 0.309 e. The summed E-state index contributed by atoms with van der Waals surface area (Å²) in [6.07, 6.45) is 10.7. The summed E-state index contributed by atoms with van der Waals surface area (Å²) in [7, 11) is 0. The summed E-state index contributed by atoms with van der Waals surface area (Å²) in [6.45, 7) is 17.8. The molecule has 0 spiro atoms. The molecule has 0 saturated heterocycles. The molecule has 1 unspecified atom stereocenters. The molecule has 4 heteroatoms. The number of fused-ring (bicyclic) bond motifs is 7. The van der Waals surface area contributed by atoms with Gasteiger partial charge < -0.3 is 9.84 Å². The van der Waals surface area contributed by atoms with Crippen LogP contribution in [0.2, 0.25) is 0 Å². The highest BCUT2D eigenvalue weighted by Crippen LogP contribution is 2.73. The average molecular weight is 485 g/mol. The molecule has 35 heavy (non-hydrogen) atoms. The fraction of sp³-hybridized carbons (Fsp3) is 0.871. The van der Waals surface area contributed by atoms with Gasteiger partial charge in [0.1, 0.15) is 6.10 Å². The lowest BCUT2D eigenvalue weighted by Crippen LogP contribution is -2.64. The zero-order valence-corrected chi connectivity index (χ0v) is 23.0. The van der Waals surface area contributed by atoms with Crippen molar-refractivity contribution in [2.75, 3.05) is 0 Å². The van der Waals surface area contributed by atoms with Crippen molar-refractivity contribution in [3.05, 3.63) is 12.2 Å². The van der Waals surface area contributed by atoms with Gasteiger partial charge in [0.2, 0.25) is 0 Å². The van der Waals surface area contributed by atoms with E-state index in [9.17, 15) is 14.7 Å². The van der Waals surface area contributed by atoms with Crippen molar-refractivity contribution >= 4 is 11.9 Å². The second-order valence-corrected chi connectivity index (χ2v) is 14.5. The molecule has 5 rings (SSSR count). The Morgan fingerprint density at radius 3 is 2.11 bits per heavy atom. The Balaban J connectivity index is 1.48. The zero-order chi connectivity index (χ0) is 25.6. The van der Waals surface area contributed by atoms with Crippen LogP contribution in [0, 0.1) is 57.2 Å². The van der Waals surface area contributed by atoms with Crippen LogP contribution >= 0.6 is 0 Å². The molecule has 4 nitrogen and oxygen atoms in total. The zero-order valence-electron chi connectivity index (χ0n) is 23.0. The van der Waals surface area contributed by atoms with Crippen LogP contribution in [0.3, 0.4) is 0 Å². The van der Waals surface area contributed by atoms with E-state index in [0.717, 1.165) is 38.5 Å². The molecule has 0 amide bonds. The summed E-state index contributed by atoms with van der Waals surface area (Å²) in [6, 6.07) is 0. The van der Waals surface area contributed by atoms with Gasteiger partial charge >= 0.3 is 11.9 Å². The van der Waals surface area contributed by atoms with Crippen molar-refractivity contribution < 1.29 is 19.4 Å². The number of esters is 1. The lowest BCUT2D eigenvalue weighted by atomic mass is 9.36. The molecule has 196 valence electrons. The van der Waals surface area contributed by atoms with Crippen molar-refractivity contribution in [1.82, 2.24) is 0 Å². The highest BCUT2D eigenvalue weighted by molar-refractivity contribution is 5.76. The van der Waals surface area contributed by atoms with Crippen molar-refractivity contribution in [2.45, 2.75) is 112 Å². The molecule has 0 radical (unpaired) electrons. The second-order valence-electron chi connectivity index (χ2n) is 14.5. The third-order valence-electron chi connectivity index (χ3n) is 12.9. The maximum atomic E-state index is 12.7. The minimum atomic E-state index is -0.543. The van der Waals surface area contributed by atoms with E-state index in [1.807, 2.05) is 0 Å². The number of aliphatic carboxylic acids is 1. The van der Waals surface area contributed by atoms with Gasteiger partial charge in [0.25, 0.3) is 0 Å². The minimum Gasteiger partial charge on any atom is -0.481 e. The summed E-state index contributed by atoms with van der Waals surface area (Å²) in [5.74, 6) is 2.27. The predicted molar refractivity (Wildman–Crippen MR) is 138 cm³/mol. The Hall–Kier alpha value is -1.32. The number of carboxylic acid groups (broad SMARTS) is 1. The van der Waals surface area contributed by atoms with Gasteiger partial charge in [0.05, 0.1) is 5.41 Å². The Morgan fingerprint density at radius 1 is 0.829 bits per heavy atom. The van der Waals surface area contributed by atoms with Crippen molar-refractivity contribution in [3.63, 3.8) is 0 Å². The lowest BCUT2D eigenvalue weighted by Gasteiger charge is -2.69. The van der Waals surface area contributed by atoms with Gasteiger partial charge in [-0.15, -0.1) is 0 Å². The molecule has 5 saturated carbocycles. The summed E-state index contributed by atoms with van der Waals surface area (Å²) in [4.78, 5) is 24.6. The Labute approximate surface area is 212 Å². The molecule has 0 aromatic heterocycles. The number of allylic oxidation sites excluding steroid dienone is 1. The molecule has 10 atom stereocenters. The number of carbonyl (C=O) groups is 2. The van der Waals surface area contributed by atoms with E-state index in [1.54, 1.807) is 6.92 Å². The largest absolute Gasteiger partial charge is 0.481 e. The minimum absolute atomic E-state index is 0.0134. The standard InChI is InChI=1S/C31H48O4/c1-18(2)20-10-16-31(27(33)34)17-11-22-21(26(20)31)8-9-24-29(22,6)14-12-23-28(4,5)25(35-19(3)32)13-15-30(23,24)7/h20-26H,1,8-17H2,2-7H3,(H,33,34)/t20-,21-,22?,23-,24-,25-,26+,29-,30-,31-/m0/s1. The van der Waals surface area contributed by atoms with E-state index in [2.05, 4.69) is 41.2 Å². The number of hydrogen-bond donors (Lipinski definition) is 1. The molecule has 0 aliphatic heterocycles. The number of rotatable bonds is 3. The van der Waals surface area contributed by atoms with Crippen LogP contribution in [0.15, 0.2) is 12.2 Å². The fourth-order valence-corrected chi connectivity index (χ4v) is 11.6. The van der Waals surface area contributed by atoms with Gasteiger partial charge in [0, 0.05) is 12.3 Å². The Morgan fingerprint density at radius 2 is 1.49 bits per heavy atom. The second kappa shape index (κ2) is 8.09. The molecule has 5 aliphatic rings. The monoisotopic (exact) mass is 484 g/mol. The number of ether oxygens (including phenoxy) is 1. The number of carboxylic acids is 1. The van der Waals surface area contributed by atoms with Crippen LogP contribution in [0.5, 0.6) is 0 Å². The highest BCUT2D eigenvalue weighted by atomic mass is 16.5. The summed E-state index contributed by atoms with van der Waals surface area (Å²) >= 11 is 0. The summed E-state index contributed by atoms with van der Waals surface area (Å²) in [5, 5.41) is 10.5. The first kappa shape index (κ1) is 25.3. The average Bonchev–Trinajstić information content (AvgIpc) is 3.17. The van der Waals surface area contributed by atoms with Crippen LogP contribution in [-0.4, -0.2) is 23.1 Å². The SMILES string of the molecule is C=C(C)[C@@H]1CC[C@]2(C(=O)O)CCC3[C@H](CC[C@@H]4[C@@]5(C)CC[C@H](OC(C)=O)C(C)(C)[C@@H]5CC[C@@]34C)[C@@H]12. The van der Waals surface area contributed by atoms with Gasteiger partial charge in [-0.1, -0.05) is 39.8 Å². The lowest BCUT2D eigenvalue weighted by molar-refractivity contribution is -0.223. The van der Waals surface area contributed by atoms with Gasteiger partial charge in [-0.05, 0) is 117 Å². The molecule has 5 fully saturated rings. The molecule has 0 bridgehead atoms. The van der Waals surface area contributed by atoms with Crippen molar-refractivity contribution in [1.29, 1.82) is 0 Å². The maximum absolute atomic E-state index is 12.7. The van der Waals surface area contributed by atoms with Gasteiger partial charge in [-0.25, -0.2) is 0 Å². The summed E-state index contributed by atoms with van der Waals surface area (Å²) in [5.41, 5.74) is 1.18. The summed E-state index contributed by atoms with van der Waals surface area (Å²) < 4.78 is 5.86. The van der Waals surface area contributed by atoms with Crippen LogP contribution in [-0.2, 0) is 14.3 Å². The highest BCUT2D eigenvalue weighted by Gasteiger charge is 2.68. The number of hydrogen-bond acceptors (Lipinski definition) is 3. The molecular formula is C31H48O4. The molecule has 1 N–H and O–H groups in total. The van der Waals surface area contributed by atoms with E-state index in [-0.39, 0.29) is 34.2 Å². The van der Waals surface area contributed by atoms with E-state index < -0.39 is 11.4 Å². The van der Waals surface area contributed by atoms with Crippen LogP contribution < -0.4 is 0 Å². The Kier molecular flexibility index (Phi) is 5.85. The molecule has 0 aromatic carbocycles. The van der Waals surface area contributed by atoms with Gasteiger partial charge in [-0.2, -0.15) is 0 Å². The first-order chi connectivity index (χ1) is 16.3. The van der Waals surface area contributed by atoms with Gasteiger partial charge in [-0.3, -0.25) is 9.59 Å². The van der Waals surface area contributed by atoms with E-state index in [0.29, 0.717) is 29.6 Å². The first-order valence-electron chi connectivity index (χ1n) is 14.3. The van der Waals surface area contributed by atoms with E-state index in [1.165, 1.54) is 31.3 Å². The van der Waals surface area contributed by atoms with Crippen LogP contribution in [0.1, 0.15) is 106 Å². The number of carbonyl (C=O) groups excluding carboxylic acids is 1. The van der Waals surface area contributed by atoms with Gasteiger partial charge in [0.15, 0.2) is 0 Å². The Bertz CT molecular complexity index is 921. The van der Waals surface area contributed by atoms with E-state index in [4.69, 9.17) is 4.74 Å². The third kappa shape index (κ3) is 3.36. The topological polar surface area (TPSA) is 63.6 Å². The van der Waals surface area contributed by atoms with Crippen molar-refractivity contribution in [3.8, 4) is 0 Å². The van der Waals surface area contributed by atoms with Crippen LogP contribution in [0.4, 0.5) is 0 Å². The molecule has 0 aromatic rings. The predicted octanol–water partition coefficient (Wildman–Crippen LogP) is 7.27. The fourth-order valence-electron chi connectivity index (χ4n) is 11.6. The molecular weight excluding hydrogens is 436 g/mol. The molecule has 5 aliphatic carbocycles. The normalized spacial score (nSPS) is 50.2. The molecule has 0 heterocycles.